The van der Waals surface area contributed by atoms with Gasteiger partial charge in [0.2, 0.25) is 5.88 Å². The molecule has 0 radical (unpaired) electrons. The number of ether oxygens (including phenoxy) is 3. The SMILES string of the molecule is COc1cc(OC)cc(C(=O)Nc2ccc(Oc3cc(-n4nc(C)c(C)c4C)ncn3)cc2)c1. The van der Waals surface area contributed by atoms with Crippen LogP contribution in [0.1, 0.15) is 27.3 Å². The van der Waals surface area contributed by atoms with Gasteiger partial charge < -0.3 is 19.5 Å². The molecular weight excluding hydrogens is 434 g/mol. The molecule has 1 amide bonds. The molecule has 0 saturated carbocycles. The van der Waals surface area contributed by atoms with Crippen molar-refractivity contribution in [3.8, 4) is 28.9 Å². The molecule has 1 N–H and O–H groups in total. The van der Waals surface area contributed by atoms with Crippen LogP contribution < -0.4 is 19.5 Å². The number of hydrogen-bond acceptors (Lipinski definition) is 7. The Labute approximate surface area is 197 Å². The third-order valence-electron chi connectivity index (χ3n) is 5.45. The van der Waals surface area contributed by atoms with Crippen LogP contribution in [-0.4, -0.2) is 39.9 Å². The van der Waals surface area contributed by atoms with Crippen LogP contribution in [0.25, 0.3) is 5.82 Å². The number of anilines is 1. The van der Waals surface area contributed by atoms with Crippen LogP contribution in [0.5, 0.6) is 23.1 Å². The summed E-state index contributed by atoms with van der Waals surface area (Å²) in [6, 6.07) is 13.7. The van der Waals surface area contributed by atoms with Crippen molar-refractivity contribution < 1.29 is 19.0 Å². The number of aromatic nitrogens is 4. The normalized spacial score (nSPS) is 10.6. The molecule has 4 aromatic rings. The molecule has 0 atom stereocenters. The molecule has 0 fully saturated rings. The Bertz CT molecular complexity index is 1310. The maximum atomic E-state index is 12.7. The molecule has 0 aliphatic rings. The first-order valence-corrected chi connectivity index (χ1v) is 10.6. The zero-order valence-corrected chi connectivity index (χ0v) is 19.6. The number of amides is 1. The highest BCUT2D eigenvalue weighted by Crippen LogP contribution is 2.25. The van der Waals surface area contributed by atoms with Crippen LogP contribution in [0, 0.1) is 20.8 Å². The smallest absolute Gasteiger partial charge is 0.255 e. The lowest BCUT2D eigenvalue weighted by molar-refractivity contribution is 0.102. The van der Waals surface area contributed by atoms with Gasteiger partial charge in [0.1, 0.15) is 23.6 Å². The van der Waals surface area contributed by atoms with E-state index >= 15 is 0 Å². The molecule has 4 rings (SSSR count). The number of nitrogens with one attached hydrogen (secondary N) is 1. The number of rotatable bonds is 7. The van der Waals surface area contributed by atoms with Crippen molar-refractivity contribution in [2.75, 3.05) is 19.5 Å². The monoisotopic (exact) mass is 459 g/mol. The Morgan fingerprint density at radius 2 is 1.56 bits per heavy atom. The first kappa shape index (κ1) is 22.8. The summed E-state index contributed by atoms with van der Waals surface area (Å²) in [4.78, 5) is 21.2. The van der Waals surface area contributed by atoms with E-state index in [1.54, 1.807) is 53.2 Å². The minimum Gasteiger partial charge on any atom is -0.497 e. The molecule has 9 heteroatoms. The zero-order chi connectivity index (χ0) is 24.2. The van der Waals surface area contributed by atoms with E-state index in [0.29, 0.717) is 40.2 Å². The number of carbonyl (C=O) groups excluding carboxylic acids is 1. The van der Waals surface area contributed by atoms with Gasteiger partial charge in [0.25, 0.3) is 5.91 Å². The van der Waals surface area contributed by atoms with Crippen LogP contribution in [0.3, 0.4) is 0 Å². The van der Waals surface area contributed by atoms with Crippen LogP contribution in [0.15, 0.2) is 54.9 Å². The lowest BCUT2D eigenvalue weighted by Gasteiger charge is -2.10. The highest BCUT2D eigenvalue weighted by atomic mass is 16.5. The molecule has 0 aliphatic heterocycles. The van der Waals surface area contributed by atoms with E-state index in [1.807, 2.05) is 20.8 Å². The molecule has 34 heavy (non-hydrogen) atoms. The van der Waals surface area contributed by atoms with E-state index in [9.17, 15) is 4.79 Å². The van der Waals surface area contributed by atoms with E-state index < -0.39 is 0 Å². The second-order valence-electron chi connectivity index (χ2n) is 7.60. The number of benzene rings is 2. The third kappa shape index (κ3) is 4.83. The van der Waals surface area contributed by atoms with Crippen molar-refractivity contribution >= 4 is 11.6 Å². The summed E-state index contributed by atoms with van der Waals surface area (Å²) >= 11 is 0. The molecular formula is C25H25N5O4. The van der Waals surface area contributed by atoms with Crippen molar-refractivity contribution in [2.45, 2.75) is 20.8 Å². The molecule has 174 valence electrons. The van der Waals surface area contributed by atoms with Gasteiger partial charge in [-0.2, -0.15) is 5.10 Å². The molecule has 0 bridgehead atoms. The zero-order valence-electron chi connectivity index (χ0n) is 19.6. The average molecular weight is 460 g/mol. The van der Waals surface area contributed by atoms with Gasteiger partial charge in [-0.3, -0.25) is 4.79 Å². The first-order chi connectivity index (χ1) is 16.4. The molecule has 9 nitrogen and oxygen atoms in total. The minimum atomic E-state index is -0.286. The van der Waals surface area contributed by atoms with Crippen molar-refractivity contribution in [3.05, 3.63) is 77.4 Å². The van der Waals surface area contributed by atoms with E-state index in [1.165, 1.54) is 20.5 Å². The Kier molecular flexibility index (Phi) is 6.44. The minimum absolute atomic E-state index is 0.286. The van der Waals surface area contributed by atoms with Crippen molar-refractivity contribution in [3.63, 3.8) is 0 Å². The number of carbonyl (C=O) groups is 1. The summed E-state index contributed by atoms with van der Waals surface area (Å²) in [5, 5.41) is 7.38. The summed E-state index contributed by atoms with van der Waals surface area (Å²) in [7, 11) is 3.07. The van der Waals surface area contributed by atoms with E-state index in [-0.39, 0.29) is 5.91 Å². The fraction of sp³-hybridized carbons (Fsp3) is 0.200. The average Bonchev–Trinajstić information content (AvgIpc) is 3.12. The summed E-state index contributed by atoms with van der Waals surface area (Å²) in [6.07, 6.45) is 1.44. The highest BCUT2D eigenvalue weighted by molar-refractivity contribution is 6.04. The van der Waals surface area contributed by atoms with Crippen LogP contribution in [0.4, 0.5) is 5.69 Å². The highest BCUT2D eigenvalue weighted by Gasteiger charge is 2.13. The predicted molar refractivity (Wildman–Crippen MR) is 127 cm³/mol. The fourth-order valence-electron chi connectivity index (χ4n) is 3.31. The van der Waals surface area contributed by atoms with Gasteiger partial charge in [0.05, 0.1) is 19.9 Å². The Balaban J connectivity index is 1.46. The summed E-state index contributed by atoms with van der Waals surface area (Å²) in [5.41, 5.74) is 4.11. The van der Waals surface area contributed by atoms with E-state index in [2.05, 4.69) is 20.4 Å². The third-order valence-corrected chi connectivity index (χ3v) is 5.45. The van der Waals surface area contributed by atoms with Crippen LogP contribution in [-0.2, 0) is 0 Å². The van der Waals surface area contributed by atoms with Gasteiger partial charge in [0, 0.05) is 29.1 Å². The quantitative estimate of drug-likeness (QED) is 0.429. The standard InChI is InChI=1S/C25H25N5O4/c1-15-16(2)29-30(17(15)3)23-13-24(27-14-26-23)34-20-8-6-19(7-9-20)28-25(31)18-10-21(32-4)12-22(11-18)33-5/h6-14H,1-5H3,(H,28,31). The summed E-state index contributed by atoms with van der Waals surface area (Å²) in [5.74, 6) is 2.36. The first-order valence-electron chi connectivity index (χ1n) is 10.6. The molecule has 0 saturated heterocycles. The molecule has 0 aliphatic carbocycles. The molecule has 0 unspecified atom stereocenters. The molecule has 0 spiro atoms. The second kappa shape index (κ2) is 9.62. The summed E-state index contributed by atoms with van der Waals surface area (Å²) in [6.45, 7) is 5.98. The fourth-order valence-corrected chi connectivity index (χ4v) is 3.31. The lowest BCUT2D eigenvalue weighted by atomic mass is 10.1. The van der Waals surface area contributed by atoms with Crippen molar-refractivity contribution in [2.24, 2.45) is 0 Å². The summed E-state index contributed by atoms with van der Waals surface area (Å²) < 4.78 is 18.1. The van der Waals surface area contributed by atoms with Crippen LogP contribution >= 0.6 is 0 Å². The topological polar surface area (TPSA) is 100 Å². The largest absolute Gasteiger partial charge is 0.497 e. The number of aryl methyl sites for hydroxylation is 1. The van der Waals surface area contributed by atoms with Gasteiger partial charge in [-0.25, -0.2) is 14.6 Å². The van der Waals surface area contributed by atoms with Gasteiger partial charge >= 0.3 is 0 Å². The Morgan fingerprint density at radius 3 is 2.15 bits per heavy atom. The Morgan fingerprint density at radius 1 is 0.882 bits per heavy atom. The van der Waals surface area contributed by atoms with Gasteiger partial charge in [0.15, 0.2) is 5.82 Å². The van der Waals surface area contributed by atoms with Gasteiger partial charge in [-0.1, -0.05) is 0 Å². The van der Waals surface area contributed by atoms with E-state index in [0.717, 1.165) is 17.0 Å². The number of nitrogens with zero attached hydrogens (tertiary/aromatic N) is 4. The Hall–Kier alpha value is -4.40. The van der Waals surface area contributed by atoms with Crippen LogP contribution in [0.2, 0.25) is 0 Å². The maximum Gasteiger partial charge on any atom is 0.255 e. The number of hydrogen-bond donors (Lipinski definition) is 1. The lowest BCUT2D eigenvalue weighted by Crippen LogP contribution is -2.12. The molecule has 2 aromatic carbocycles. The second-order valence-corrected chi connectivity index (χ2v) is 7.60. The van der Waals surface area contributed by atoms with Gasteiger partial charge in [-0.15, -0.1) is 0 Å². The van der Waals surface area contributed by atoms with Crippen molar-refractivity contribution in [1.82, 2.24) is 19.7 Å². The maximum absolute atomic E-state index is 12.7. The molecule has 2 heterocycles. The van der Waals surface area contributed by atoms with Gasteiger partial charge in [-0.05, 0) is 62.7 Å². The van der Waals surface area contributed by atoms with Crippen molar-refractivity contribution in [1.29, 1.82) is 0 Å². The van der Waals surface area contributed by atoms with E-state index in [4.69, 9.17) is 14.2 Å². The molecule has 2 aromatic heterocycles. The number of methoxy groups -OCH3 is 2. The predicted octanol–water partition coefficient (Wildman–Crippen LogP) is 4.65.